The standard InChI is InChI=1S/C12H9ClIN3O/c13-7-1-3-10(9(14)5-7)17-12(18)11-4-2-8(15)6-16-11/h1-6H,15H2,(H,17,18). The van der Waals surface area contributed by atoms with E-state index >= 15 is 0 Å². The summed E-state index contributed by atoms with van der Waals surface area (Å²) in [6.45, 7) is 0. The molecule has 0 saturated carbocycles. The fourth-order valence-corrected chi connectivity index (χ4v) is 2.32. The van der Waals surface area contributed by atoms with Gasteiger partial charge in [-0.1, -0.05) is 11.6 Å². The Balaban J connectivity index is 2.18. The van der Waals surface area contributed by atoms with Crippen molar-refractivity contribution in [2.45, 2.75) is 0 Å². The SMILES string of the molecule is Nc1ccc(C(=O)Nc2ccc(Cl)cc2I)nc1. The summed E-state index contributed by atoms with van der Waals surface area (Å²) in [7, 11) is 0. The van der Waals surface area contributed by atoms with Crippen molar-refractivity contribution < 1.29 is 4.79 Å². The summed E-state index contributed by atoms with van der Waals surface area (Å²) in [6, 6.07) is 8.45. The lowest BCUT2D eigenvalue weighted by Gasteiger charge is -2.07. The van der Waals surface area contributed by atoms with Crippen LogP contribution in [0.2, 0.25) is 5.02 Å². The molecule has 18 heavy (non-hydrogen) atoms. The second-order valence-corrected chi connectivity index (χ2v) is 5.15. The van der Waals surface area contributed by atoms with Gasteiger partial charge in [0.25, 0.3) is 5.91 Å². The zero-order chi connectivity index (χ0) is 13.1. The van der Waals surface area contributed by atoms with E-state index in [1.807, 2.05) is 0 Å². The Labute approximate surface area is 123 Å². The van der Waals surface area contributed by atoms with Crippen LogP contribution in [-0.2, 0) is 0 Å². The second-order valence-electron chi connectivity index (χ2n) is 3.56. The van der Waals surface area contributed by atoms with E-state index < -0.39 is 0 Å². The van der Waals surface area contributed by atoms with Gasteiger partial charge < -0.3 is 11.1 Å². The maximum atomic E-state index is 11.9. The molecule has 0 spiro atoms. The van der Waals surface area contributed by atoms with Crippen LogP contribution < -0.4 is 11.1 Å². The smallest absolute Gasteiger partial charge is 0.274 e. The number of nitrogens with two attached hydrogens (primary N) is 1. The van der Waals surface area contributed by atoms with E-state index in [1.54, 1.807) is 30.3 Å². The molecule has 0 bridgehead atoms. The molecular weight excluding hydrogens is 365 g/mol. The molecule has 0 radical (unpaired) electrons. The maximum absolute atomic E-state index is 11.9. The summed E-state index contributed by atoms with van der Waals surface area (Å²) in [5.41, 5.74) is 7.04. The zero-order valence-electron chi connectivity index (χ0n) is 9.15. The number of hydrogen-bond donors (Lipinski definition) is 2. The minimum Gasteiger partial charge on any atom is -0.397 e. The third-order valence-corrected chi connectivity index (χ3v) is 3.33. The molecular formula is C12H9ClIN3O. The minimum absolute atomic E-state index is 0.282. The summed E-state index contributed by atoms with van der Waals surface area (Å²) in [6.07, 6.45) is 1.45. The minimum atomic E-state index is -0.282. The van der Waals surface area contributed by atoms with E-state index in [0.717, 1.165) is 3.57 Å². The van der Waals surface area contributed by atoms with Crippen molar-refractivity contribution >= 4 is 51.5 Å². The van der Waals surface area contributed by atoms with Gasteiger partial charge in [-0.2, -0.15) is 0 Å². The van der Waals surface area contributed by atoms with Crippen LogP contribution in [-0.4, -0.2) is 10.9 Å². The number of benzene rings is 1. The molecule has 6 heteroatoms. The predicted molar refractivity (Wildman–Crippen MR) is 80.8 cm³/mol. The van der Waals surface area contributed by atoms with Gasteiger partial charge in [-0.3, -0.25) is 4.79 Å². The summed E-state index contributed by atoms with van der Waals surface area (Å²) >= 11 is 7.95. The number of nitrogen functional groups attached to an aromatic ring is 1. The predicted octanol–water partition coefficient (Wildman–Crippen LogP) is 3.17. The van der Waals surface area contributed by atoms with Gasteiger partial charge in [0, 0.05) is 8.59 Å². The lowest BCUT2D eigenvalue weighted by molar-refractivity contribution is 0.102. The Morgan fingerprint density at radius 1 is 1.33 bits per heavy atom. The highest BCUT2D eigenvalue weighted by Crippen LogP contribution is 2.22. The summed E-state index contributed by atoms with van der Waals surface area (Å²) in [5, 5.41) is 3.39. The first kappa shape index (κ1) is 13.1. The molecule has 1 amide bonds. The molecule has 3 N–H and O–H groups in total. The fraction of sp³-hybridized carbons (Fsp3) is 0. The molecule has 0 unspecified atom stereocenters. The number of pyridine rings is 1. The van der Waals surface area contributed by atoms with Crippen LogP contribution in [0.25, 0.3) is 0 Å². The molecule has 0 saturated heterocycles. The van der Waals surface area contributed by atoms with Gasteiger partial charge in [0.05, 0.1) is 17.6 Å². The van der Waals surface area contributed by atoms with Crippen molar-refractivity contribution in [3.8, 4) is 0 Å². The first-order chi connectivity index (χ1) is 8.56. The normalized spacial score (nSPS) is 10.1. The van der Waals surface area contributed by atoms with Crippen LogP contribution in [0.5, 0.6) is 0 Å². The number of aromatic nitrogens is 1. The summed E-state index contributed by atoms with van der Waals surface area (Å²) in [4.78, 5) is 15.9. The monoisotopic (exact) mass is 373 g/mol. The van der Waals surface area contributed by atoms with Crippen molar-refractivity contribution in [1.82, 2.24) is 4.98 Å². The Morgan fingerprint density at radius 2 is 2.11 bits per heavy atom. The first-order valence-electron chi connectivity index (χ1n) is 5.04. The number of carbonyl (C=O) groups excluding carboxylic acids is 1. The van der Waals surface area contributed by atoms with Gasteiger partial charge in [0.1, 0.15) is 5.69 Å². The first-order valence-corrected chi connectivity index (χ1v) is 6.50. The van der Waals surface area contributed by atoms with Crippen molar-refractivity contribution in [2.24, 2.45) is 0 Å². The summed E-state index contributed by atoms with van der Waals surface area (Å²) in [5.74, 6) is -0.282. The Morgan fingerprint density at radius 3 is 2.72 bits per heavy atom. The molecule has 0 aliphatic heterocycles. The highest BCUT2D eigenvalue weighted by atomic mass is 127. The van der Waals surface area contributed by atoms with E-state index in [2.05, 4.69) is 32.9 Å². The van der Waals surface area contributed by atoms with Gasteiger partial charge in [0.15, 0.2) is 0 Å². The largest absolute Gasteiger partial charge is 0.397 e. The zero-order valence-corrected chi connectivity index (χ0v) is 12.1. The van der Waals surface area contributed by atoms with Gasteiger partial charge in [0.2, 0.25) is 0 Å². The van der Waals surface area contributed by atoms with E-state index in [1.165, 1.54) is 6.20 Å². The van der Waals surface area contributed by atoms with Gasteiger partial charge in [-0.05, 0) is 52.9 Å². The highest BCUT2D eigenvalue weighted by molar-refractivity contribution is 14.1. The number of rotatable bonds is 2. The molecule has 0 fully saturated rings. The number of carbonyl (C=O) groups is 1. The Bertz CT molecular complexity index is 586. The van der Waals surface area contributed by atoms with E-state index in [9.17, 15) is 4.79 Å². The third-order valence-electron chi connectivity index (χ3n) is 2.20. The van der Waals surface area contributed by atoms with Gasteiger partial charge >= 0.3 is 0 Å². The highest BCUT2D eigenvalue weighted by Gasteiger charge is 2.09. The fourth-order valence-electron chi connectivity index (χ4n) is 1.32. The quantitative estimate of drug-likeness (QED) is 0.795. The number of nitrogens with one attached hydrogen (secondary N) is 1. The molecule has 0 aliphatic rings. The molecule has 0 atom stereocenters. The van der Waals surface area contributed by atoms with Crippen LogP contribution in [0, 0.1) is 3.57 Å². The van der Waals surface area contributed by atoms with Crippen LogP contribution in [0.3, 0.4) is 0 Å². The van der Waals surface area contributed by atoms with E-state index in [4.69, 9.17) is 17.3 Å². The second kappa shape index (κ2) is 5.53. The lowest BCUT2D eigenvalue weighted by Crippen LogP contribution is -2.14. The number of hydrogen-bond acceptors (Lipinski definition) is 3. The molecule has 4 nitrogen and oxygen atoms in total. The topological polar surface area (TPSA) is 68.0 Å². The number of anilines is 2. The third kappa shape index (κ3) is 3.11. The molecule has 2 aromatic rings. The van der Waals surface area contributed by atoms with Gasteiger partial charge in [-0.25, -0.2) is 4.98 Å². The number of halogens is 2. The van der Waals surface area contributed by atoms with Crippen LogP contribution in [0.15, 0.2) is 36.5 Å². The van der Waals surface area contributed by atoms with Crippen molar-refractivity contribution in [3.05, 3.63) is 50.8 Å². The van der Waals surface area contributed by atoms with Gasteiger partial charge in [-0.15, -0.1) is 0 Å². The van der Waals surface area contributed by atoms with Crippen molar-refractivity contribution in [3.63, 3.8) is 0 Å². The van der Waals surface area contributed by atoms with Crippen LogP contribution in [0.4, 0.5) is 11.4 Å². The molecule has 1 heterocycles. The lowest BCUT2D eigenvalue weighted by atomic mass is 10.3. The Kier molecular flexibility index (Phi) is 4.03. The Hall–Kier alpha value is -1.34. The van der Waals surface area contributed by atoms with Crippen molar-refractivity contribution in [1.29, 1.82) is 0 Å². The maximum Gasteiger partial charge on any atom is 0.274 e. The average Bonchev–Trinajstić information content (AvgIpc) is 2.33. The average molecular weight is 374 g/mol. The molecule has 1 aromatic heterocycles. The molecule has 2 rings (SSSR count). The summed E-state index contributed by atoms with van der Waals surface area (Å²) < 4.78 is 0.865. The van der Waals surface area contributed by atoms with Crippen molar-refractivity contribution in [2.75, 3.05) is 11.1 Å². The van der Waals surface area contributed by atoms with E-state index in [0.29, 0.717) is 22.1 Å². The van der Waals surface area contributed by atoms with Crippen LogP contribution >= 0.6 is 34.2 Å². The molecule has 92 valence electrons. The number of nitrogens with zero attached hydrogens (tertiary/aromatic N) is 1. The van der Waals surface area contributed by atoms with Crippen LogP contribution in [0.1, 0.15) is 10.5 Å². The van der Waals surface area contributed by atoms with E-state index in [-0.39, 0.29) is 5.91 Å². The number of amides is 1. The molecule has 0 aliphatic carbocycles. The molecule has 1 aromatic carbocycles.